The van der Waals surface area contributed by atoms with Gasteiger partial charge in [-0.2, -0.15) is 0 Å². The van der Waals surface area contributed by atoms with Crippen LogP contribution < -0.4 is 10.5 Å². The standard InChI is InChI=1S/C26H27N3O2S/c1-4-11-22-27-25-24(18(2)19(3)32-25)26(31)29(22)17-23(30)28(21-14-9-6-10-15-21)16-20-12-7-5-8-13-20/h5-10,12-15H,4,11,16-17H2,1-3H3. The fourth-order valence-electron chi connectivity index (χ4n) is 3.86. The number of thiophene rings is 1. The molecule has 5 nitrogen and oxygen atoms in total. The normalized spacial score (nSPS) is 11.1. The third-order valence-corrected chi connectivity index (χ3v) is 6.79. The number of benzene rings is 2. The van der Waals surface area contributed by atoms with Crippen LogP contribution in [0.3, 0.4) is 0 Å². The van der Waals surface area contributed by atoms with Crippen molar-refractivity contribution in [1.82, 2.24) is 9.55 Å². The van der Waals surface area contributed by atoms with Crippen molar-refractivity contribution < 1.29 is 4.79 Å². The van der Waals surface area contributed by atoms with E-state index in [2.05, 4.69) is 6.92 Å². The first-order chi connectivity index (χ1) is 15.5. The van der Waals surface area contributed by atoms with Crippen LogP contribution in [0.1, 0.15) is 35.2 Å². The number of para-hydroxylation sites is 1. The first kappa shape index (κ1) is 22.0. The van der Waals surface area contributed by atoms with Crippen LogP contribution in [0.25, 0.3) is 10.2 Å². The maximum Gasteiger partial charge on any atom is 0.263 e. The first-order valence-corrected chi connectivity index (χ1v) is 11.7. The van der Waals surface area contributed by atoms with Crippen molar-refractivity contribution in [2.75, 3.05) is 4.90 Å². The van der Waals surface area contributed by atoms with Gasteiger partial charge in [0.25, 0.3) is 5.56 Å². The summed E-state index contributed by atoms with van der Waals surface area (Å²) in [6.45, 7) is 6.42. The molecule has 0 aliphatic carbocycles. The van der Waals surface area contributed by atoms with Crippen LogP contribution in [0, 0.1) is 13.8 Å². The number of aromatic nitrogens is 2. The summed E-state index contributed by atoms with van der Waals surface area (Å²) in [4.78, 5) is 35.4. The number of carbonyl (C=O) groups is 1. The Balaban J connectivity index is 1.76. The van der Waals surface area contributed by atoms with Crippen molar-refractivity contribution in [3.63, 3.8) is 0 Å². The number of rotatable bonds is 7. The molecular weight excluding hydrogens is 418 g/mol. The Morgan fingerprint density at radius 3 is 2.34 bits per heavy atom. The highest BCUT2D eigenvalue weighted by atomic mass is 32.1. The van der Waals surface area contributed by atoms with Crippen molar-refractivity contribution in [2.24, 2.45) is 0 Å². The molecule has 1 amide bonds. The number of carbonyl (C=O) groups excluding carboxylic acids is 1. The summed E-state index contributed by atoms with van der Waals surface area (Å²) in [7, 11) is 0. The van der Waals surface area contributed by atoms with Gasteiger partial charge in [-0.1, -0.05) is 55.5 Å². The molecule has 0 aliphatic heterocycles. The number of nitrogens with zero attached hydrogens (tertiary/aromatic N) is 3. The molecule has 2 aromatic heterocycles. The molecule has 0 atom stereocenters. The van der Waals surface area contributed by atoms with Crippen LogP contribution in [0.15, 0.2) is 65.5 Å². The van der Waals surface area contributed by atoms with E-state index < -0.39 is 0 Å². The summed E-state index contributed by atoms with van der Waals surface area (Å²) in [6, 6.07) is 19.5. The molecule has 0 radical (unpaired) electrons. The zero-order chi connectivity index (χ0) is 22.7. The Kier molecular flexibility index (Phi) is 6.51. The monoisotopic (exact) mass is 445 g/mol. The molecular formula is C26H27N3O2S. The largest absolute Gasteiger partial charge is 0.306 e. The minimum atomic E-state index is -0.134. The first-order valence-electron chi connectivity index (χ1n) is 10.9. The fraction of sp³-hybridized carbons (Fsp3) is 0.269. The topological polar surface area (TPSA) is 55.2 Å². The summed E-state index contributed by atoms with van der Waals surface area (Å²) >= 11 is 1.55. The van der Waals surface area contributed by atoms with E-state index in [0.717, 1.165) is 32.9 Å². The fourth-order valence-corrected chi connectivity index (χ4v) is 4.90. The molecule has 0 N–H and O–H groups in total. The van der Waals surface area contributed by atoms with E-state index in [-0.39, 0.29) is 18.0 Å². The Labute approximate surface area is 192 Å². The van der Waals surface area contributed by atoms with Gasteiger partial charge >= 0.3 is 0 Å². The lowest BCUT2D eigenvalue weighted by molar-refractivity contribution is -0.119. The summed E-state index contributed by atoms with van der Waals surface area (Å²) in [6.07, 6.45) is 1.50. The predicted molar refractivity (Wildman–Crippen MR) is 131 cm³/mol. The van der Waals surface area contributed by atoms with E-state index in [9.17, 15) is 9.59 Å². The Bertz CT molecular complexity index is 1290. The average molecular weight is 446 g/mol. The van der Waals surface area contributed by atoms with E-state index in [1.54, 1.807) is 20.8 Å². The van der Waals surface area contributed by atoms with Crippen molar-refractivity contribution >= 4 is 33.1 Å². The molecule has 2 heterocycles. The van der Waals surface area contributed by atoms with Gasteiger partial charge in [-0.25, -0.2) is 4.98 Å². The molecule has 6 heteroatoms. The molecule has 0 unspecified atom stereocenters. The van der Waals surface area contributed by atoms with Crippen LogP contribution >= 0.6 is 11.3 Å². The van der Waals surface area contributed by atoms with Gasteiger partial charge < -0.3 is 4.90 Å². The van der Waals surface area contributed by atoms with Gasteiger partial charge in [0.15, 0.2) is 0 Å². The number of hydrogen-bond acceptors (Lipinski definition) is 4. The Morgan fingerprint density at radius 1 is 1.03 bits per heavy atom. The van der Waals surface area contributed by atoms with Crippen molar-refractivity contribution in [1.29, 1.82) is 0 Å². The maximum absolute atomic E-state index is 13.6. The number of fused-ring (bicyclic) bond motifs is 1. The van der Waals surface area contributed by atoms with Crippen LogP contribution in [-0.2, 0) is 24.3 Å². The molecule has 32 heavy (non-hydrogen) atoms. The number of anilines is 1. The number of amides is 1. The summed E-state index contributed by atoms with van der Waals surface area (Å²) in [5.74, 6) is 0.539. The average Bonchev–Trinajstić information content (AvgIpc) is 3.09. The molecule has 0 saturated carbocycles. The van der Waals surface area contributed by atoms with E-state index in [4.69, 9.17) is 4.98 Å². The molecule has 0 bridgehead atoms. The Morgan fingerprint density at radius 2 is 1.69 bits per heavy atom. The van der Waals surface area contributed by atoms with E-state index >= 15 is 0 Å². The van der Waals surface area contributed by atoms with Crippen molar-refractivity contribution in [3.05, 3.63) is 92.8 Å². The molecule has 0 spiro atoms. The maximum atomic E-state index is 13.6. The van der Waals surface area contributed by atoms with E-state index in [0.29, 0.717) is 24.2 Å². The molecule has 0 fully saturated rings. The molecule has 4 rings (SSSR count). The molecule has 4 aromatic rings. The number of hydrogen-bond donors (Lipinski definition) is 0. The van der Waals surface area contributed by atoms with Gasteiger partial charge in [-0.05, 0) is 43.5 Å². The summed E-state index contributed by atoms with van der Waals surface area (Å²) in [5.41, 5.74) is 2.67. The minimum Gasteiger partial charge on any atom is -0.306 e. The molecule has 0 aliphatic rings. The highest BCUT2D eigenvalue weighted by Crippen LogP contribution is 2.26. The highest BCUT2D eigenvalue weighted by molar-refractivity contribution is 7.18. The lowest BCUT2D eigenvalue weighted by Gasteiger charge is -2.24. The second-order valence-electron chi connectivity index (χ2n) is 7.93. The Hall–Kier alpha value is -3.25. The summed E-state index contributed by atoms with van der Waals surface area (Å²) < 4.78 is 1.58. The smallest absolute Gasteiger partial charge is 0.263 e. The molecule has 0 saturated heterocycles. The minimum absolute atomic E-state index is 0.0346. The van der Waals surface area contributed by atoms with Crippen LogP contribution in [0.4, 0.5) is 5.69 Å². The van der Waals surface area contributed by atoms with Crippen LogP contribution in [-0.4, -0.2) is 15.5 Å². The predicted octanol–water partition coefficient (Wildman–Crippen LogP) is 5.26. The molecule has 164 valence electrons. The highest BCUT2D eigenvalue weighted by Gasteiger charge is 2.22. The zero-order valence-electron chi connectivity index (χ0n) is 18.7. The third kappa shape index (κ3) is 4.36. The second kappa shape index (κ2) is 9.49. The second-order valence-corrected chi connectivity index (χ2v) is 9.14. The van der Waals surface area contributed by atoms with E-state index in [1.807, 2.05) is 74.5 Å². The summed E-state index contributed by atoms with van der Waals surface area (Å²) in [5, 5.41) is 0.634. The SMILES string of the molecule is CCCc1nc2sc(C)c(C)c2c(=O)n1CC(=O)N(Cc1ccccc1)c1ccccc1. The zero-order valence-corrected chi connectivity index (χ0v) is 19.5. The van der Waals surface area contributed by atoms with Gasteiger partial charge in [0.05, 0.1) is 11.9 Å². The molecule has 2 aromatic carbocycles. The van der Waals surface area contributed by atoms with Gasteiger partial charge in [-0.3, -0.25) is 14.2 Å². The van der Waals surface area contributed by atoms with Gasteiger partial charge in [-0.15, -0.1) is 11.3 Å². The lowest BCUT2D eigenvalue weighted by atomic mass is 10.2. The van der Waals surface area contributed by atoms with E-state index in [1.165, 1.54) is 0 Å². The quantitative estimate of drug-likeness (QED) is 0.390. The number of aryl methyl sites for hydroxylation is 3. The van der Waals surface area contributed by atoms with Crippen LogP contribution in [0.5, 0.6) is 0 Å². The van der Waals surface area contributed by atoms with Gasteiger partial charge in [0, 0.05) is 17.0 Å². The van der Waals surface area contributed by atoms with Gasteiger partial charge in [0.2, 0.25) is 5.91 Å². The van der Waals surface area contributed by atoms with Crippen molar-refractivity contribution in [2.45, 2.75) is 46.7 Å². The lowest BCUT2D eigenvalue weighted by Crippen LogP contribution is -2.37. The van der Waals surface area contributed by atoms with Crippen LogP contribution in [0.2, 0.25) is 0 Å². The van der Waals surface area contributed by atoms with Gasteiger partial charge in [0.1, 0.15) is 17.2 Å². The third-order valence-electron chi connectivity index (χ3n) is 5.69. The van der Waals surface area contributed by atoms with Crippen molar-refractivity contribution in [3.8, 4) is 0 Å².